The van der Waals surface area contributed by atoms with Gasteiger partial charge >= 0.3 is 0 Å². The number of nitrogens with one attached hydrogen (secondary N) is 2. The zero-order valence-corrected chi connectivity index (χ0v) is 21.2. The van der Waals surface area contributed by atoms with Gasteiger partial charge in [0.2, 0.25) is 5.91 Å². The monoisotopic (exact) mass is 540 g/mol. The minimum absolute atomic E-state index is 0.000238. The summed E-state index contributed by atoms with van der Waals surface area (Å²) in [5.74, 6) is -0.00616. The van der Waals surface area contributed by atoms with Gasteiger partial charge in [-0.05, 0) is 37.5 Å². The van der Waals surface area contributed by atoms with Crippen LogP contribution in [0.1, 0.15) is 35.6 Å². The molecule has 6 rings (SSSR count). The summed E-state index contributed by atoms with van der Waals surface area (Å²) in [6.07, 6.45) is 5.45. The van der Waals surface area contributed by atoms with Crippen molar-refractivity contribution in [3.05, 3.63) is 65.9 Å². The maximum Gasteiger partial charge on any atom is 0.273 e. The molecule has 9 nitrogen and oxygen atoms in total. The molecule has 1 aromatic carbocycles. The SMILES string of the molecule is O=C(N[C@H]1CCN(C2CSC2)C[C@@H]1C(=O)NC1(c2ncccn2)CC1)c1cc(-c2ccc(F)cc2F)on1. The molecule has 2 saturated heterocycles. The normalized spacial score (nSPS) is 22.9. The lowest BCUT2D eigenvalue weighted by molar-refractivity contribution is -0.129. The van der Waals surface area contributed by atoms with E-state index in [9.17, 15) is 18.4 Å². The summed E-state index contributed by atoms with van der Waals surface area (Å²) >= 11 is 1.88. The van der Waals surface area contributed by atoms with Crippen molar-refractivity contribution in [2.45, 2.75) is 36.9 Å². The van der Waals surface area contributed by atoms with Crippen LogP contribution in [-0.4, -0.2) is 68.5 Å². The molecule has 38 heavy (non-hydrogen) atoms. The zero-order chi connectivity index (χ0) is 26.3. The average Bonchev–Trinajstić information content (AvgIpc) is 3.49. The van der Waals surface area contributed by atoms with Gasteiger partial charge in [0.15, 0.2) is 17.3 Å². The summed E-state index contributed by atoms with van der Waals surface area (Å²) in [5.41, 5.74) is -0.612. The number of carbonyl (C=O) groups is 2. The van der Waals surface area contributed by atoms with E-state index >= 15 is 0 Å². The number of nitrogens with zero attached hydrogens (tertiary/aromatic N) is 4. The molecule has 0 bridgehead atoms. The van der Waals surface area contributed by atoms with Crippen LogP contribution in [0.4, 0.5) is 8.78 Å². The first-order valence-corrected chi connectivity index (χ1v) is 13.7. The molecule has 2 amide bonds. The molecule has 198 valence electrons. The van der Waals surface area contributed by atoms with Crippen LogP contribution in [0.25, 0.3) is 11.3 Å². The van der Waals surface area contributed by atoms with Crippen LogP contribution in [0.5, 0.6) is 0 Å². The molecule has 12 heteroatoms. The fraction of sp³-hybridized carbons (Fsp3) is 0.423. The van der Waals surface area contributed by atoms with Crippen LogP contribution in [0.15, 0.2) is 47.2 Å². The molecule has 0 spiro atoms. The Morgan fingerprint density at radius 2 is 1.92 bits per heavy atom. The number of rotatable bonds is 7. The second-order valence-electron chi connectivity index (χ2n) is 10.0. The van der Waals surface area contributed by atoms with Crippen LogP contribution in [0, 0.1) is 17.6 Å². The van der Waals surface area contributed by atoms with Crippen molar-refractivity contribution in [3.8, 4) is 11.3 Å². The third-order valence-corrected chi connectivity index (χ3v) is 8.72. The second-order valence-corrected chi connectivity index (χ2v) is 11.1. The van der Waals surface area contributed by atoms with E-state index in [1.807, 2.05) is 11.8 Å². The van der Waals surface area contributed by atoms with E-state index in [2.05, 4.69) is 30.7 Å². The maximum absolute atomic E-state index is 14.2. The summed E-state index contributed by atoms with van der Waals surface area (Å²) in [4.78, 5) is 37.8. The van der Waals surface area contributed by atoms with Crippen molar-refractivity contribution in [2.24, 2.45) is 5.92 Å². The Balaban J connectivity index is 1.18. The number of aromatic nitrogens is 3. The molecule has 2 N–H and O–H groups in total. The van der Waals surface area contributed by atoms with Crippen molar-refractivity contribution < 1.29 is 22.9 Å². The molecule has 2 aliphatic heterocycles. The lowest BCUT2D eigenvalue weighted by atomic mass is 9.89. The van der Waals surface area contributed by atoms with Gasteiger partial charge < -0.3 is 15.2 Å². The first-order valence-electron chi connectivity index (χ1n) is 12.6. The molecule has 0 radical (unpaired) electrons. The molecule has 3 fully saturated rings. The summed E-state index contributed by atoms with van der Waals surface area (Å²) in [6, 6.07) is 6.12. The molecule has 1 aliphatic carbocycles. The van der Waals surface area contributed by atoms with Crippen LogP contribution < -0.4 is 10.6 Å². The Morgan fingerprint density at radius 3 is 2.61 bits per heavy atom. The Morgan fingerprint density at radius 1 is 1.13 bits per heavy atom. The molecule has 2 atom stereocenters. The summed E-state index contributed by atoms with van der Waals surface area (Å²) in [5, 5.41) is 9.92. The Hall–Kier alpha value is -3.38. The fourth-order valence-corrected chi connectivity index (χ4v) is 5.89. The molecule has 3 aliphatic rings. The van der Waals surface area contributed by atoms with Crippen LogP contribution in [0.3, 0.4) is 0 Å². The molecular weight excluding hydrogens is 514 g/mol. The van der Waals surface area contributed by atoms with Crippen LogP contribution in [0.2, 0.25) is 0 Å². The number of amides is 2. The molecule has 0 unspecified atom stereocenters. The summed E-state index contributed by atoms with van der Waals surface area (Å²) in [7, 11) is 0. The maximum atomic E-state index is 14.2. The number of benzene rings is 1. The van der Waals surface area contributed by atoms with E-state index in [1.54, 1.807) is 18.5 Å². The van der Waals surface area contributed by atoms with E-state index in [1.165, 1.54) is 12.1 Å². The number of likely N-dealkylation sites (tertiary alicyclic amines) is 1. The van der Waals surface area contributed by atoms with Crippen LogP contribution >= 0.6 is 11.8 Å². The minimum atomic E-state index is -0.817. The van der Waals surface area contributed by atoms with Gasteiger partial charge in [0.05, 0.1) is 17.0 Å². The number of carbonyl (C=O) groups excluding carboxylic acids is 2. The van der Waals surface area contributed by atoms with Gasteiger partial charge in [-0.2, -0.15) is 11.8 Å². The first kappa shape index (κ1) is 24.9. The van der Waals surface area contributed by atoms with Gasteiger partial charge in [-0.25, -0.2) is 18.7 Å². The van der Waals surface area contributed by atoms with Crippen molar-refractivity contribution in [1.29, 1.82) is 0 Å². The van der Waals surface area contributed by atoms with E-state index < -0.39 is 35.0 Å². The third kappa shape index (κ3) is 4.90. The number of hydrogen-bond donors (Lipinski definition) is 2. The number of thioether (sulfide) groups is 1. The largest absolute Gasteiger partial charge is 0.355 e. The van der Waals surface area contributed by atoms with E-state index in [0.29, 0.717) is 24.8 Å². The number of hydrogen-bond acceptors (Lipinski definition) is 8. The van der Waals surface area contributed by atoms with Gasteiger partial charge in [0.1, 0.15) is 11.6 Å². The third-order valence-electron chi connectivity index (χ3n) is 7.48. The molecular formula is C26H26F2N6O3S. The van der Waals surface area contributed by atoms with E-state index in [-0.39, 0.29) is 22.9 Å². The highest BCUT2D eigenvalue weighted by Crippen LogP contribution is 2.44. The molecule has 4 heterocycles. The average molecular weight is 541 g/mol. The highest BCUT2D eigenvalue weighted by molar-refractivity contribution is 8.00. The predicted molar refractivity (Wildman–Crippen MR) is 135 cm³/mol. The molecule has 3 aromatic rings. The van der Waals surface area contributed by atoms with Crippen molar-refractivity contribution >= 4 is 23.6 Å². The minimum Gasteiger partial charge on any atom is -0.355 e. The van der Waals surface area contributed by atoms with Gasteiger partial charge in [-0.3, -0.25) is 14.5 Å². The Kier molecular flexibility index (Phi) is 6.60. The van der Waals surface area contributed by atoms with Gasteiger partial charge in [-0.1, -0.05) is 5.16 Å². The lowest BCUT2D eigenvalue weighted by Crippen LogP contribution is -2.60. The quantitative estimate of drug-likeness (QED) is 0.471. The molecule has 2 aromatic heterocycles. The van der Waals surface area contributed by atoms with Crippen LogP contribution in [-0.2, 0) is 10.3 Å². The second kappa shape index (κ2) is 10.1. The molecule has 1 saturated carbocycles. The Labute approximate surface area is 221 Å². The smallest absolute Gasteiger partial charge is 0.273 e. The van der Waals surface area contributed by atoms with Crippen molar-refractivity contribution in [1.82, 2.24) is 30.7 Å². The van der Waals surface area contributed by atoms with Gasteiger partial charge in [-0.15, -0.1) is 0 Å². The van der Waals surface area contributed by atoms with Crippen molar-refractivity contribution in [3.63, 3.8) is 0 Å². The number of piperidine rings is 1. The topological polar surface area (TPSA) is 113 Å². The highest BCUT2D eigenvalue weighted by Gasteiger charge is 2.50. The fourth-order valence-electron chi connectivity index (χ4n) is 5.03. The first-order chi connectivity index (χ1) is 18.4. The predicted octanol–water partition coefficient (Wildman–Crippen LogP) is 2.75. The number of halogens is 2. The highest BCUT2D eigenvalue weighted by atomic mass is 32.2. The van der Waals surface area contributed by atoms with Gasteiger partial charge in [0.25, 0.3) is 5.91 Å². The van der Waals surface area contributed by atoms with Crippen molar-refractivity contribution in [2.75, 3.05) is 24.6 Å². The zero-order valence-electron chi connectivity index (χ0n) is 20.4. The summed E-state index contributed by atoms with van der Waals surface area (Å²) < 4.78 is 32.6. The standard InChI is InChI=1S/C26H26F2N6O3S/c27-15-2-3-17(19(28)10-15)22-11-21(33-37-22)24(36)31-20-4-9-34(16-13-38-14-16)12-18(20)23(35)32-26(5-6-26)25-29-7-1-8-30-25/h1-3,7-8,10-11,16,18,20H,4-6,9,12-14H2,(H,31,36)(H,32,35)/t18-,20-/m0/s1. The van der Waals surface area contributed by atoms with E-state index in [4.69, 9.17) is 4.52 Å². The summed E-state index contributed by atoms with van der Waals surface area (Å²) in [6.45, 7) is 1.29. The lowest BCUT2D eigenvalue weighted by Gasteiger charge is -2.44. The Bertz CT molecular complexity index is 1350. The van der Waals surface area contributed by atoms with Gasteiger partial charge in [0, 0.05) is 61.2 Å². The van der Waals surface area contributed by atoms with E-state index in [0.717, 1.165) is 43.0 Å².